The van der Waals surface area contributed by atoms with E-state index in [-0.39, 0.29) is 5.69 Å². The molecule has 19 heavy (non-hydrogen) atoms. The molecule has 98 valence electrons. The van der Waals surface area contributed by atoms with Gasteiger partial charge in [0.2, 0.25) is 0 Å². The number of carbonyl (C=O) groups is 1. The van der Waals surface area contributed by atoms with Gasteiger partial charge in [0.15, 0.2) is 0 Å². The molecule has 0 bridgehead atoms. The van der Waals surface area contributed by atoms with E-state index in [2.05, 4.69) is 9.72 Å². The number of rotatable bonds is 3. The molecular formula is C13H11ClN2O3. The van der Waals surface area contributed by atoms with Gasteiger partial charge in [0.25, 0.3) is 0 Å². The van der Waals surface area contributed by atoms with Gasteiger partial charge in [-0.15, -0.1) is 0 Å². The third-order valence-corrected chi connectivity index (χ3v) is 2.75. The van der Waals surface area contributed by atoms with E-state index in [9.17, 15) is 9.59 Å². The second kappa shape index (κ2) is 5.67. The lowest BCUT2D eigenvalue weighted by Crippen LogP contribution is -2.22. The number of carbonyl (C=O) groups excluding carboxylic acids is 1. The Balaban J connectivity index is 2.22. The Bertz CT molecular complexity index is 650. The maximum Gasteiger partial charge on any atom is 0.347 e. The summed E-state index contributed by atoms with van der Waals surface area (Å²) in [4.78, 5) is 26.4. The molecule has 2 rings (SSSR count). The number of hydrogen-bond acceptors (Lipinski definition) is 4. The lowest BCUT2D eigenvalue weighted by molar-refractivity contribution is 0.0600. The number of esters is 1. The molecule has 0 aliphatic carbocycles. The molecule has 0 saturated heterocycles. The Morgan fingerprint density at radius 1 is 1.37 bits per heavy atom. The summed E-state index contributed by atoms with van der Waals surface area (Å²) in [6.07, 6.45) is 2.83. The molecule has 0 fully saturated rings. The minimum absolute atomic E-state index is 0.341. The van der Waals surface area contributed by atoms with E-state index in [0.717, 1.165) is 5.56 Å². The van der Waals surface area contributed by atoms with Crippen molar-refractivity contribution >= 4 is 17.6 Å². The largest absolute Gasteiger partial charge is 0.465 e. The standard InChI is InChI=1S/C13H11ClN2O3/c1-19-12(17)10-4-2-9(3-5-10)7-16-8-11(14)6-15-13(16)18/h2-6,8H,7H2,1H3. The number of aromatic nitrogens is 2. The van der Waals surface area contributed by atoms with Gasteiger partial charge < -0.3 is 4.74 Å². The lowest BCUT2D eigenvalue weighted by atomic mass is 10.1. The van der Waals surface area contributed by atoms with Crippen LogP contribution in [0.15, 0.2) is 41.5 Å². The average Bonchev–Trinajstić information content (AvgIpc) is 2.43. The van der Waals surface area contributed by atoms with Crippen LogP contribution in [-0.2, 0) is 11.3 Å². The number of hydrogen-bond donors (Lipinski definition) is 0. The van der Waals surface area contributed by atoms with Crippen LogP contribution in [-0.4, -0.2) is 22.6 Å². The highest BCUT2D eigenvalue weighted by atomic mass is 35.5. The Hall–Kier alpha value is -2.14. The molecule has 0 radical (unpaired) electrons. The summed E-state index contributed by atoms with van der Waals surface area (Å²) >= 11 is 5.79. The van der Waals surface area contributed by atoms with Crippen LogP contribution in [0.5, 0.6) is 0 Å². The highest BCUT2D eigenvalue weighted by Crippen LogP contribution is 2.08. The Morgan fingerprint density at radius 3 is 2.68 bits per heavy atom. The number of ether oxygens (including phenoxy) is 1. The van der Waals surface area contributed by atoms with Gasteiger partial charge in [-0.1, -0.05) is 23.7 Å². The fourth-order valence-corrected chi connectivity index (χ4v) is 1.77. The first-order chi connectivity index (χ1) is 9.10. The van der Waals surface area contributed by atoms with Crippen LogP contribution in [0.1, 0.15) is 15.9 Å². The van der Waals surface area contributed by atoms with E-state index in [1.165, 1.54) is 24.1 Å². The molecule has 0 saturated carbocycles. The van der Waals surface area contributed by atoms with Gasteiger partial charge in [0.1, 0.15) is 0 Å². The molecule has 1 heterocycles. The third kappa shape index (κ3) is 3.20. The average molecular weight is 279 g/mol. The van der Waals surface area contributed by atoms with Gasteiger partial charge in [-0.3, -0.25) is 4.57 Å². The zero-order valence-corrected chi connectivity index (χ0v) is 10.9. The van der Waals surface area contributed by atoms with E-state index in [0.29, 0.717) is 17.1 Å². The summed E-state index contributed by atoms with van der Waals surface area (Å²) in [5, 5.41) is 0.394. The van der Waals surface area contributed by atoms with Gasteiger partial charge in [-0.25, -0.2) is 14.6 Å². The molecule has 0 unspecified atom stereocenters. The molecule has 0 N–H and O–H groups in total. The fourth-order valence-electron chi connectivity index (χ4n) is 1.60. The zero-order chi connectivity index (χ0) is 13.8. The molecule has 6 heteroatoms. The van der Waals surface area contributed by atoms with Crippen molar-refractivity contribution in [3.63, 3.8) is 0 Å². The Morgan fingerprint density at radius 2 is 2.05 bits per heavy atom. The van der Waals surface area contributed by atoms with Crippen LogP contribution in [0.2, 0.25) is 5.02 Å². The summed E-state index contributed by atoms with van der Waals surface area (Å²) in [5.74, 6) is -0.395. The van der Waals surface area contributed by atoms with E-state index < -0.39 is 5.97 Å². The van der Waals surface area contributed by atoms with E-state index in [1.807, 2.05) is 0 Å². The second-order valence-electron chi connectivity index (χ2n) is 3.87. The minimum Gasteiger partial charge on any atom is -0.465 e. The minimum atomic E-state index is -0.395. The lowest BCUT2D eigenvalue weighted by Gasteiger charge is -2.06. The number of halogens is 1. The maximum atomic E-state index is 11.5. The van der Waals surface area contributed by atoms with Gasteiger partial charge >= 0.3 is 11.7 Å². The van der Waals surface area contributed by atoms with Crippen molar-refractivity contribution in [2.75, 3.05) is 7.11 Å². The molecule has 1 aromatic heterocycles. The first-order valence-electron chi connectivity index (χ1n) is 5.49. The van der Waals surface area contributed by atoms with Crippen molar-refractivity contribution < 1.29 is 9.53 Å². The van der Waals surface area contributed by atoms with Crippen LogP contribution < -0.4 is 5.69 Å². The molecule has 0 atom stereocenters. The van der Waals surface area contributed by atoms with Gasteiger partial charge in [0, 0.05) is 6.20 Å². The van der Waals surface area contributed by atoms with Crippen molar-refractivity contribution in [3.05, 3.63) is 63.3 Å². The molecule has 0 aliphatic heterocycles. The number of benzene rings is 1. The topological polar surface area (TPSA) is 61.2 Å². The molecule has 5 nitrogen and oxygen atoms in total. The van der Waals surface area contributed by atoms with Gasteiger partial charge in [0.05, 0.1) is 30.4 Å². The molecular weight excluding hydrogens is 268 g/mol. The van der Waals surface area contributed by atoms with Crippen LogP contribution in [0.4, 0.5) is 0 Å². The van der Waals surface area contributed by atoms with Crippen molar-refractivity contribution in [2.24, 2.45) is 0 Å². The van der Waals surface area contributed by atoms with Crippen molar-refractivity contribution in [1.29, 1.82) is 0 Å². The van der Waals surface area contributed by atoms with E-state index in [1.54, 1.807) is 24.3 Å². The van der Waals surface area contributed by atoms with Crippen LogP contribution in [0.3, 0.4) is 0 Å². The third-order valence-electron chi connectivity index (χ3n) is 2.55. The summed E-state index contributed by atoms with van der Waals surface area (Å²) in [5.41, 5.74) is 0.947. The molecule has 1 aromatic carbocycles. The van der Waals surface area contributed by atoms with Crippen LogP contribution >= 0.6 is 11.6 Å². The predicted octanol–water partition coefficient (Wildman–Crippen LogP) is 1.73. The first kappa shape index (κ1) is 13.3. The summed E-state index contributed by atoms with van der Waals surface area (Å²) in [6.45, 7) is 0.341. The van der Waals surface area contributed by atoms with Crippen molar-refractivity contribution in [2.45, 2.75) is 6.54 Å². The first-order valence-corrected chi connectivity index (χ1v) is 5.87. The Labute approximate surface area is 114 Å². The van der Waals surface area contributed by atoms with Gasteiger partial charge in [-0.2, -0.15) is 0 Å². The highest BCUT2D eigenvalue weighted by molar-refractivity contribution is 6.30. The summed E-state index contributed by atoms with van der Waals surface area (Å²) in [6, 6.07) is 6.79. The summed E-state index contributed by atoms with van der Waals surface area (Å²) in [7, 11) is 1.33. The molecule has 0 aliphatic rings. The van der Waals surface area contributed by atoms with Crippen molar-refractivity contribution in [1.82, 2.24) is 9.55 Å². The monoisotopic (exact) mass is 278 g/mol. The maximum absolute atomic E-state index is 11.5. The normalized spacial score (nSPS) is 10.2. The van der Waals surface area contributed by atoms with E-state index in [4.69, 9.17) is 11.6 Å². The molecule has 2 aromatic rings. The van der Waals surface area contributed by atoms with Gasteiger partial charge in [-0.05, 0) is 17.7 Å². The predicted molar refractivity (Wildman–Crippen MR) is 70.4 cm³/mol. The van der Waals surface area contributed by atoms with Crippen molar-refractivity contribution in [3.8, 4) is 0 Å². The molecule has 0 amide bonds. The second-order valence-corrected chi connectivity index (χ2v) is 4.31. The van der Waals surface area contributed by atoms with E-state index >= 15 is 0 Å². The Kier molecular flexibility index (Phi) is 3.97. The van der Waals surface area contributed by atoms with Crippen LogP contribution in [0, 0.1) is 0 Å². The zero-order valence-electron chi connectivity index (χ0n) is 10.2. The quantitative estimate of drug-likeness (QED) is 0.802. The fraction of sp³-hybridized carbons (Fsp3) is 0.154. The summed E-state index contributed by atoms with van der Waals surface area (Å²) < 4.78 is 6.01. The number of methoxy groups -OCH3 is 1. The SMILES string of the molecule is COC(=O)c1ccc(Cn2cc(Cl)cnc2=O)cc1. The number of nitrogens with zero attached hydrogens (tertiary/aromatic N) is 2. The highest BCUT2D eigenvalue weighted by Gasteiger charge is 2.05. The molecule has 0 spiro atoms. The smallest absolute Gasteiger partial charge is 0.347 e. The van der Waals surface area contributed by atoms with Crippen LogP contribution in [0.25, 0.3) is 0 Å².